The number of alkyl halides is 6. The molecule has 0 saturated heterocycles. The van der Waals surface area contributed by atoms with E-state index in [4.69, 9.17) is 15.8 Å². The number of nitrogens with one attached hydrogen (secondary N) is 5. The fourth-order valence-corrected chi connectivity index (χ4v) is 19.5. The molecule has 0 heterocycles. The molecule has 10 nitrogen and oxygen atoms in total. The second-order valence-corrected chi connectivity index (χ2v) is 37.3. The molecule has 123 heavy (non-hydrogen) atoms. The standard InChI is InChI=1S/2C24H30N2.C20H27F3N2.C19H25F3N2.C18H26N2.C2H6/c1-19(2)24(17-18-25)15-13-22(14-16-24)26-23(20-9-5-3-6-10-20)21-11-7-4-8-12-21;1-19(2)24(16-17-25)14-12-22(13-15-24)26-18-21-10-6-7-11-23(21)20-8-4-3-5-9-20;1-15(2)19(10-11-24)8-6-18(7-9-19)25-14-17-5-3-4-16(12-17)13-20(21,22)23;1-14(2)18(11-12-23)9-7-16(8-10-18)24-13-15-5-3-4-6-17(15)19(20,21)22;1-3-15-6-4-5-7-16(15)14-20-17-8-10-18(2,11-9-17)12-13-19;1-2/h3-12,19,22-23,26H,13-17H2,1-2H3;3-11,19,22,26H,12-16,18H2,1-2H3;3-5,12,15,18,25H,6-10,13-14H2,1-2H3;3-6,14,16,24H,7-11,13H2,1-2H3;4-7,17,20H,3,8-12,14H2,1-2H3;1-2H3. The lowest BCUT2D eigenvalue weighted by molar-refractivity contribution is -0.138. The quantitative estimate of drug-likeness (QED) is 0.0296. The highest BCUT2D eigenvalue weighted by Crippen LogP contribution is 2.50. The van der Waals surface area contributed by atoms with Crippen LogP contribution >= 0.6 is 0 Å². The number of halogens is 6. The van der Waals surface area contributed by atoms with Crippen LogP contribution in [0.4, 0.5) is 26.3 Å². The Labute approximate surface area is 736 Å². The zero-order valence-corrected chi connectivity index (χ0v) is 76.1. The summed E-state index contributed by atoms with van der Waals surface area (Å²) in [5.41, 5.74) is 11.3. The van der Waals surface area contributed by atoms with E-state index in [0.717, 1.165) is 121 Å². The van der Waals surface area contributed by atoms with Gasteiger partial charge in [-0.05, 0) is 247 Å². The highest BCUT2D eigenvalue weighted by atomic mass is 19.4. The van der Waals surface area contributed by atoms with E-state index in [2.05, 4.69) is 266 Å². The first-order valence-corrected chi connectivity index (χ1v) is 46.1. The van der Waals surface area contributed by atoms with E-state index in [1.54, 1.807) is 18.2 Å². The number of nitriles is 5. The predicted octanol–water partition coefficient (Wildman–Crippen LogP) is 27.7. The maximum absolute atomic E-state index is 13.0. The van der Waals surface area contributed by atoms with Crippen molar-refractivity contribution in [1.29, 1.82) is 26.3 Å². The summed E-state index contributed by atoms with van der Waals surface area (Å²) < 4.78 is 76.6. The summed E-state index contributed by atoms with van der Waals surface area (Å²) in [4.78, 5) is 0. The van der Waals surface area contributed by atoms with Crippen LogP contribution in [0.5, 0.6) is 0 Å². The minimum absolute atomic E-state index is 0.0663. The Morgan fingerprint density at radius 1 is 0.358 bits per heavy atom. The van der Waals surface area contributed by atoms with Crippen LogP contribution in [0.2, 0.25) is 0 Å². The lowest BCUT2D eigenvalue weighted by Crippen LogP contribution is -2.41. The third-order valence-electron chi connectivity index (χ3n) is 28.6. The van der Waals surface area contributed by atoms with Crippen molar-refractivity contribution in [2.24, 2.45) is 50.7 Å². The lowest BCUT2D eigenvalue weighted by Gasteiger charge is -2.43. The maximum atomic E-state index is 13.0. The first-order valence-electron chi connectivity index (χ1n) is 46.1. The van der Waals surface area contributed by atoms with Crippen molar-refractivity contribution in [3.8, 4) is 41.5 Å². The molecule has 0 unspecified atom stereocenters. The highest BCUT2D eigenvalue weighted by molar-refractivity contribution is 5.67. The smallest absolute Gasteiger partial charge is 0.310 e. The molecule has 0 aromatic heterocycles. The molecule has 5 aliphatic carbocycles. The van der Waals surface area contributed by atoms with Gasteiger partial charge >= 0.3 is 12.4 Å². The Hall–Kier alpha value is -8.63. The first-order chi connectivity index (χ1) is 59.0. The number of nitrogens with zero attached hydrogens (tertiary/aromatic N) is 5. The van der Waals surface area contributed by atoms with Gasteiger partial charge in [-0.15, -0.1) is 0 Å². The Bertz CT molecular complexity index is 4350. The van der Waals surface area contributed by atoms with Crippen molar-refractivity contribution in [2.75, 3.05) is 0 Å². The average Bonchev–Trinajstić information content (AvgIpc) is 0.809. The number of aryl methyl sites for hydroxylation is 1. The topological polar surface area (TPSA) is 179 Å². The fraction of sp³-hybridized carbons (Fsp3) is 0.561. The molecule has 0 aliphatic heterocycles. The molecule has 664 valence electrons. The fourth-order valence-electron chi connectivity index (χ4n) is 19.5. The summed E-state index contributed by atoms with van der Waals surface area (Å²) in [7, 11) is 0. The molecule has 16 heteroatoms. The van der Waals surface area contributed by atoms with Crippen molar-refractivity contribution in [3.63, 3.8) is 0 Å². The third kappa shape index (κ3) is 31.5. The van der Waals surface area contributed by atoms with Crippen LogP contribution in [-0.2, 0) is 45.2 Å². The molecule has 5 aliphatic rings. The summed E-state index contributed by atoms with van der Waals surface area (Å²) >= 11 is 0. The largest absolute Gasteiger partial charge is 0.416 e. The minimum Gasteiger partial charge on any atom is -0.310 e. The summed E-state index contributed by atoms with van der Waals surface area (Å²) in [6.07, 6.45) is 16.8. The number of benzene rings is 7. The SMILES string of the molecule is CC.CC(C)C1(CC#N)CCC(NC(c2ccccc2)c2ccccc2)CC1.CC(C)C1(CC#N)CCC(NCc2cccc(CC(F)(F)F)c2)CC1.CC(C)C1(CC#N)CCC(NCc2ccccc2-c2ccccc2)CC1.CC(C)C1(CC#N)CCC(NCc2ccccc2C(F)(F)F)CC1.CCc1ccccc1CNC1CCC(C)(CC#N)CC1. The van der Waals surface area contributed by atoms with E-state index in [0.29, 0.717) is 97.6 Å². The molecule has 0 amide bonds. The molecule has 5 N–H and O–H groups in total. The summed E-state index contributed by atoms with van der Waals surface area (Å²) in [5, 5.41) is 63.8. The van der Waals surface area contributed by atoms with Crippen molar-refractivity contribution >= 4 is 0 Å². The number of hydrogen-bond donors (Lipinski definition) is 5. The van der Waals surface area contributed by atoms with Gasteiger partial charge in [-0.1, -0.05) is 265 Å². The van der Waals surface area contributed by atoms with Gasteiger partial charge in [-0.3, -0.25) is 0 Å². The van der Waals surface area contributed by atoms with Crippen LogP contribution in [0.15, 0.2) is 188 Å². The van der Waals surface area contributed by atoms with Gasteiger partial charge in [-0.25, -0.2) is 0 Å². The van der Waals surface area contributed by atoms with Gasteiger partial charge in [0, 0.05) is 88.5 Å². The van der Waals surface area contributed by atoms with Gasteiger partial charge in [0.2, 0.25) is 0 Å². The Kier molecular flexibility index (Phi) is 41.7. The zero-order valence-electron chi connectivity index (χ0n) is 76.1. The summed E-state index contributed by atoms with van der Waals surface area (Å²) in [6.45, 7) is 29.0. The lowest BCUT2D eigenvalue weighted by atomic mass is 9.64. The van der Waals surface area contributed by atoms with Gasteiger partial charge in [-0.2, -0.15) is 52.7 Å². The molecular formula is C107H144F6N10. The molecule has 5 saturated carbocycles. The van der Waals surface area contributed by atoms with Gasteiger partial charge in [0.15, 0.2) is 0 Å². The molecule has 0 atom stereocenters. The van der Waals surface area contributed by atoms with E-state index < -0.39 is 24.3 Å². The molecule has 12 rings (SSSR count). The van der Waals surface area contributed by atoms with Crippen LogP contribution < -0.4 is 26.6 Å². The van der Waals surface area contributed by atoms with Crippen molar-refractivity contribution in [1.82, 2.24) is 26.6 Å². The van der Waals surface area contributed by atoms with Crippen LogP contribution in [0.3, 0.4) is 0 Å². The molecule has 0 bridgehead atoms. The third-order valence-corrected chi connectivity index (χ3v) is 28.6. The van der Waals surface area contributed by atoms with Gasteiger partial charge < -0.3 is 26.6 Å². The van der Waals surface area contributed by atoms with Crippen LogP contribution in [0, 0.1) is 107 Å². The van der Waals surface area contributed by atoms with Crippen LogP contribution in [-0.4, -0.2) is 36.4 Å². The molecule has 7 aromatic carbocycles. The molecule has 5 fully saturated rings. The second kappa shape index (κ2) is 50.5. The second-order valence-electron chi connectivity index (χ2n) is 37.3. The average molecular weight is 1680 g/mol. The van der Waals surface area contributed by atoms with E-state index in [1.165, 1.54) is 95.7 Å². The van der Waals surface area contributed by atoms with Gasteiger partial charge in [0.25, 0.3) is 0 Å². The number of hydrogen-bond acceptors (Lipinski definition) is 10. The van der Waals surface area contributed by atoms with E-state index >= 15 is 0 Å². The summed E-state index contributed by atoms with van der Waals surface area (Å²) in [6, 6.07) is 76.3. The maximum Gasteiger partial charge on any atom is 0.416 e. The van der Waals surface area contributed by atoms with Crippen LogP contribution in [0.1, 0.15) is 300 Å². The van der Waals surface area contributed by atoms with Crippen molar-refractivity contribution < 1.29 is 26.3 Å². The van der Waals surface area contributed by atoms with E-state index in [-0.39, 0.29) is 45.7 Å². The van der Waals surface area contributed by atoms with Crippen molar-refractivity contribution in [2.45, 2.75) is 331 Å². The van der Waals surface area contributed by atoms with Gasteiger partial charge in [0.05, 0.1) is 48.4 Å². The molecule has 7 aromatic rings. The van der Waals surface area contributed by atoms with Gasteiger partial charge in [0.1, 0.15) is 0 Å². The first kappa shape index (κ1) is 101. The number of rotatable bonds is 28. The summed E-state index contributed by atoms with van der Waals surface area (Å²) in [5.74, 6) is 2.10. The molecule has 0 radical (unpaired) electrons. The highest BCUT2D eigenvalue weighted by Gasteiger charge is 2.43. The zero-order chi connectivity index (χ0) is 89.5. The monoisotopic (exact) mass is 1680 g/mol. The Balaban J connectivity index is 0.000000211. The van der Waals surface area contributed by atoms with Crippen LogP contribution in [0.25, 0.3) is 11.1 Å². The molecular weight excluding hydrogens is 1540 g/mol. The predicted molar refractivity (Wildman–Crippen MR) is 492 cm³/mol. The molecule has 0 spiro atoms. The minimum atomic E-state index is -4.32. The van der Waals surface area contributed by atoms with Crippen molar-refractivity contribution in [3.05, 3.63) is 238 Å². The van der Waals surface area contributed by atoms with E-state index in [1.807, 2.05) is 19.9 Å². The Morgan fingerprint density at radius 2 is 0.683 bits per heavy atom. The van der Waals surface area contributed by atoms with E-state index in [9.17, 15) is 36.9 Å². The normalized spacial score (nSPS) is 23.8. The Morgan fingerprint density at radius 3 is 1.07 bits per heavy atom.